The van der Waals surface area contributed by atoms with E-state index in [9.17, 15) is 9.59 Å². The summed E-state index contributed by atoms with van der Waals surface area (Å²) in [4.78, 5) is 33.4. The topological polar surface area (TPSA) is 88.4 Å². The quantitative estimate of drug-likeness (QED) is 0.712. The first-order valence-electron chi connectivity index (χ1n) is 8.55. The first kappa shape index (κ1) is 17.6. The van der Waals surface area contributed by atoms with Gasteiger partial charge in [0, 0.05) is 31.2 Å². The van der Waals surface area contributed by atoms with Crippen LogP contribution in [0.25, 0.3) is 5.52 Å². The molecule has 1 unspecified atom stereocenters. The Balaban J connectivity index is 1.86. The minimum Gasteiger partial charge on any atom is -0.347 e. The molecule has 3 aromatic rings. The molecular weight excluding hydrogens is 330 g/mol. The van der Waals surface area contributed by atoms with Gasteiger partial charge in [0.15, 0.2) is 5.69 Å². The molecule has 2 amide bonds. The van der Waals surface area contributed by atoms with Gasteiger partial charge >= 0.3 is 0 Å². The normalized spacial score (nSPS) is 11.9. The minimum absolute atomic E-state index is 0.0301. The third-order valence-corrected chi connectivity index (χ3v) is 4.16. The van der Waals surface area contributed by atoms with E-state index in [1.165, 1.54) is 0 Å². The SMILES string of the molecule is CCC(C)NC(=O)c1nc(C(=O)NCc2ccncc2)c2ccccn12. The Morgan fingerprint density at radius 3 is 2.65 bits per heavy atom. The summed E-state index contributed by atoms with van der Waals surface area (Å²) in [6, 6.07) is 9.07. The molecule has 134 valence electrons. The van der Waals surface area contributed by atoms with Crippen molar-refractivity contribution >= 4 is 17.3 Å². The molecule has 2 N–H and O–H groups in total. The Kier molecular flexibility index (Phi) is 5.26. The summed E-state index contributed by atoms with van der Waals surface area (Å²) < 4.78 is 1.64. The zero-order valence-electron chi connectivity index (χ0n) is 14.8. The molecule has 3 heterocycles. The van der Waals surface area contributed by atoms with Gasteiger partial charge in [0.25, 0.3) is 11.8 Å². The van der Waals surface area contributed by atoms with Gasteiger partial charge in [-0.25, -0.2) is 4.98 Å². The lowest BCUT2D eigenvalue weighted by molar-refractivity contribution is 0.0928. The number of fused-ring (bicyclic) bond motifs is 1. The van der Waals surface area contributed by atoms with E-state index < -0.39 is 0 Å². The van der Waals surface area contributed by atoms with E-state index >= 15 is 0 Å². The standard InChI is InChI=1S/C19H21N5O2/c1-3-13(2)22-19(26)17-23-16(15-6-4-5-11-24(15)17)18(25)21-12-14-7-9-20-10-8-14/h4-11,13H,3,12H2,1-2H3,(H,21,25)(H,22,26). The molecule has 0 bridgehead atoms. The first-order chi connectivity index (χ1) is 12.6. The van der Waals surface area contributed by atoms with Crippen molar-refractivity contribution in [2.75, 3.05) is 0 Å². The third kappa shape index (κ3) is 3.72. The predicted molar refractivity (Wildman–Crippen MR) is 97.8 cm³/mol. The van der Waals surface area contributed by atoms with Crippen LogP contribution in [0.3, 0.4) is 0 Å². The molecule has 0 spiro atoms. The number of hydrogen-bond acceptors (Lipinski definition) is 4. The molecule has 0 aliphatic rings. The van der Waals surface area contributed by atoms with Crippen LogP contribution in [0.15, 0.2) is 48.9 Å². The van der Waals surface area contributed by atoms with Crippen molar-refractivity contribution in [1.82, 2.24) is 25.0 Å². The second-order valence-corrected chi connectivity index (χ2v) is 6.06. The average molecular weight is 351 g/mol. The van der Waals surface area contributed by atoms with Crippen molar-refractivity contribution in [3.05, 3.63) is 66.0 Å². The zero-order valence-corrected chi connectivity index (χ0v) is 14.8. The summed E-state index contributed by atoms with van der Waals surface area (Å²) >= 11 is 0. The van der Waals surface area contributed by atoms with Crippen molar-refractivity contribution in [2.45, 2.75) is 32.9 Å². The second kappa shape index (κ2) is 7.77. The lowest BCUT2D eigenvalue weighted by atomic mass is 10.2. The first-order valence-corrected chi connectivity index (χ1v) is 8.55. The lowest BCUT2D eigenvalue weighted by Crippen LogP contribution is -2.33. The molecule has 0 saturated heterocycles. The highest BCUT2D eigenvalue weighted by molar-refractivity contribution is 6.02. The van der Waals surface area contributed by atoms with Gasteiger partial charge in [0.05, 0.1) is 5.52 Å². The van der Waals surface area contributed by atoms with Crippen LogP contribution < -0.4 is 10.6 Å². The molecule has 0 aromatic carbocycles. The van der Waals surface area contributed by atoms with E-state index in [2.05, 4.69) is 20.6 Å². The minimum atomic E-state index is -0.326. The summed E-state index contributed by atoms with van der Waals surface area (Å²) in [7, 11) is 0. The fourth-order valence-corrected chi connectivity index (χ4v) is 2.52. The van der Waals surface area contributed by atoms with E-state index in [0.29, 0.717) is 12.1 Å². The van der Waals surface area contributed by atoms with Crippen LogP contribution in [0.5, 0.6) is 0 Å². The molecule has 0 fully saturated rings. The molecule has 3 aromatic heterocycles. The number of carbonyl (C=O) groups is 2. The van der Waals surface area contributed by atoms with Crippen LogP contribution in [0, 0.1) is 0 Å². The van der Waals surface area contributed by atoms with Crippen molar-refractivity contribution in [3.63, 3.8) is 0 Å². The Morgan fingerprint density at radius 1 is 1.15 bits per heavy atom. The maximum absolute atomic E-state index is 12.6. The number of imidazole rings is 1. The monoisotopic (exact) mass is 351 g/mol. The number of rotatable bonds is 6. The highest BCUT2D eigenvalue weighted by Gasteiger charge is 2.21. The number of nitrogens with one attached hydrogen (secondary N) is 2. The Hall–Kier alpha value is -3.22. The summed E-state index contributed by atoms with van der Waals surface area (Å²) in [6.45, 7) is 4.28. The molecule has 0 saturated carbocycles. The number of hydrogen-bond donors (Lipinski definition) is 2. The van der Waals surface area contributed by atoms with E-state index in [1.54, 1.807) is 35.1 Å². The molecule has 26 heavy (non-hydrogen) atoms. The smallest absolute Gasteiger partial charge is 0.287 e. The van der Waals surface area contributed by atoms with Gasteiger partial charge in [-0.05, 0) is 43.2 Å². The Morgan fingerprint density at radius 2 is 1.92 bits per heavy atom. The van der Waals surface area contributed by atoms with E-state index in [-0.39, 0.29) is 29.4 Å². The van der Waals surface area contributed by atoms with Gasteiger partial charge in [-0.15, -0.1) is 0 Å². The van der Waals surface area contributed by atoms with E-state index in [0.717, 1.165) is 12.0 Å². The summed E-state index contributed by atoms with van der Waals surface area (Å²) in [5.74, 6) is -0.420. The number of pyridine rings is 2. The summed E-state index contributed by atoms with van der Waals surface area (Å²) in [5, 5.41) is 5.72. The van der Waals surface area contributed by atoms with Crippen LogP contribution in [0.2, 0.25) is 0 Å². The predicted octanol–water partition coefficient (Wildman–Crippen LogP) is 2.19. The molecule has 3 rings (SSSR count). The molecule has 0 radical (unpaired) electrons. The average Bonchev–Trinajstić information content (AvgIpc) is 3.06. The van der Waals surface area contributed by atoms with Gasteiger partial charge in [-0.2, -0.15) is 0 Å². The van der Waals surface area contributed by atoms with Gasteiger partial charge in [0.2, 0.25) is 5.82 Å². The van der Waals surface area contributed by atoms with Crippen molar-refractivity contribution in [3.8, 4) is 0 Å². The van der Waals surface area contributed by atoms with Crippen LogP contribution in [-0.4, -0.2) is 32.2 Å². The summed E-state index contributed by atoms with van der Waals surface area (Å²) in [5.41, 5.74) is 1.76. The van der Waals surface area contributed by atoms with E-state index in [1.807, 2.05) is 32.0 Å². The van der Waals surface area contributed by atoms with E-state index in [4.69, 9.17) is 0 Å². The van der Waals surface area contributed by atoms with Gasteiger partial charge in [-0.1, -0.05) is 13.0 Å². The maximum atomic E-state index is 12.6. The molecule has 0 aliphatic carbocycles. The van der Waals surface area contributed by atoms with Crippen LogP contribution >= 0.6 is 0 Å². The van der Waals surface area contributed by atoms with Crippen LogP contribution in [-0.2, 0) is 6.54 Å². The largest absolute Gasteiger partial charge is 0.347 e. The van der Waals surface area contributed by atoms with Gasteiger partial charge < -0.3 is 10.6 Å². The number of nitrogens with zero attached hydrogens (tertiary/aromatic N) is 3. The zero-order chi connectivity index (χ0) is 18.5. The van der Waals surface area contributed by atoms with Crippen molar-refractivity contribution in [2.24, 2.45) is 0 Å². The van der Waals surface area contributed by atoms with Crippen LogP contribution in [0.4, 0.5) is 0 Å². The summed E-state index contributed by atoms with van der Waals surface area (Å²) in [6.07, 6.45) is 5.89. The second-order valence-electron chi connectivity index (χ2n) is 6.06. The van der Waals surface area contributed by atoms with Crippen molar-refractivity contribution < 1.29 is 9.59 Å². The number of carbonyl (C=O) groups excluding carboxylic acids is 2. The molecule has 7 heteroatoms. The lowest BCUT2D eigenvalue weighted by Gasteiger charge is -2.10. The fourth-order valence-electron chi connectivity index (χ4n) is 2.52. The Bertz CT molecular complexity index is 920. The molecular formula is C19H21N5O2. The third-order valence-electron chi connectivity index (χ3n) is 4.16. The fraction of sp³-hybridized carbons (Fsp3) is 0.263. The van der Waals surface area contributed by atoms with Gasteiger partial charge in [0.1, 0.15) is 0 Å². The molecule has 0 aliphatic heterocycles. The molecule has 1 atom stereocenters. The van der Waals surface area contributed by atoms with Gasteiger partial charge in [-0.3, -0.25) is 19.0 Å². The highest BCUT2D eigenvalue weighted by Crippen LogP contribution is 2.14. The highest BCUT2D eigenvalue weighted by atomic mass is 16.2. The number of amides is 2. The van der Waals surface area contributed by atoms with Crippen LogP contribution in [0.1, 0.15) is 46.9 Å². The Labute approximate surface area is 151 Å². The maximum Gasteiger partial charge on any atom is 0.287 e. The molecule has 7 nitrogen and oxygen atoms in total. The number of aromatic nitrogens is 3. The van der Waals surface area contributed by atoms with Crippen molar-refractivity contribution in [1.29, 1.82) is 0 Å².